The Hall–Kier alpha value is -3.33. The molecule has 2 saturated heterocycles. The number of likely N-dealkylation sites (tertiary alicyclic amines) is 1. The second-order valence-corrected chi connectivity index (χ2v) is 12.1. The van der Waals surface area contributed by atoms with E-state index in [0.717, 1.165) is 16.7 Å². The zero-order valence-electron chi connectivity index (χ0n) is 22.1. The SMILES string of the molecule is CN(C(=O)c1cc(C(F)(F)F)cc(C(F)(F)F)c1)[C@@H]1CN(C(=O)N2CCN(S(C)(=O)=O)CC2)C[C@H]1c1ccccc1. The number of hydrogen-bond donors (Lipinski definition) is 0. The Balaban J connectivity index is 1.61. The van der Waals surface area contributed by atoms with Crippen molar-refractivity contribution in [3.63, 3.8) is 0 Å². The fourth-order valence-corrected chi connectivity index (χ4v) is 6.03. The van der Waals surface area contributed by atoms with E-state index in [2.05, 4.69) is 0 Å². The molecule has 2 aliphatic rings. The average molecular weight is 607 g/mol. The quantitative estimate of drug-likeness (QED) is 0.494. The maximum absolute atomic E-state index is 13.4. The van der Waals surface area contributed by atoms with Crippen molar-refractivity contribution in [3.8, 4) is 0 Å². The molecule has 2 heterocycles. The number of carbonyl (C=O) groups is 2. The topological polar surface area (TPSA) is 81.2 Å². The molecular formula is C26H28F6N4O4S. The van der Waals surface area contributed by atoms with Crippen molar-refractivity contribution in [1.82, 2.24) is 19.0 Å². The van der Waals surface area contributed by atoms with E-state index >= 15 is 0 Å². The first kappa shape index (κ1) is 30.6. The number of benzene rings is 2. The summed E-state index contributed by atoms with van der Waals surface area (Å²) in [6.07, 6.45) is -9.15. The predicted molar refractivity (Wildman–Crippen MR) is 136 cm³/mol. The van der Waals surface area contributed by atoms with Gasteiger partial charge in [0.1, 0.15) is 0 Å². The molecule has 0 aliphatic carbocycles. The van der Waals surface area contributed by atoms with E-state index in [0.29, 0.717) is 12.1 Å². The summed E-state index contributed by atoms with van der Waals surface area (Å²) in [7, 11) is -2.14. The minimum absolute atomic E-state index is 0.0297. The van der Waals surface area contributed by atoms with E-state index in [-0.39, 0.29) is 45.3 Å². The number of nitrogens with zero attached hydrogens (tertiary/aromatic N) is 4. The van der Waals surface area contributed by atoms with E-state index in [1.807, 2.05) is 0 Å². The molecule has 2 aliphatic heterocycles. The van der Waals surface area contributed by atoms with Gasteiger partial charge in [-0.05, 0) is 23.8 Å². The van der Waals surface area contributed by atoms with Crippen LogP contribution in [0.5, 0.6) is 0 Å². The second-order valence-electron chi connectivity index (χ2n) is 10.1. The first-order chi connectivity index (χ1) is 19.0. The highest BCUT2D eigenvalue weighted by Crippen LogP contribution is 2.37. The Labute approximate surface area is 233 Å². The smallest absolute Gasteiger partial charge is 0.336 e. The van der Waals surface area contributed by atoms with Crippen molar-refractivity contribution in [2.45, 2.75) is 24.3 Å². The van der Waals surface area contributed by atoms with Gasteiger partial charge in [0.2, 0.25) is 10.0 Å². The highest BCUT2D eigenvalue weighted by Gasteiger charge is 2.43. The Kier molecular flexibility index (Phi) is 8.33. The van der Waals surface area contributed by atoms with Gasteiger partial charge in [0.15, 0.2) is 0 Å². The lowest BCUT2D eigenvalue weighted by Gasteiger charge is -2.35. The van der Waals surface area contributed by atoms with Gasteiger partial charge in [0, 0.05) is 57.8 Å². The number of amides is 3. The van der Waals surface area contributed by atoms with Gasteiger partial charge < -0.3 is 14.7 Å². The molecule has 2 aromatic rings. The van der Waals surface area contributed by atoms with Crippen LogP contribution in [0.25, 0.3) is 0 Å². The number of rotatable bonds is 4. The van der Waals surface area contributed by atoms with Crippen molar-refractivity contribution >= 4 is 22.0 Å². The number of halogens is 6. The van der Waals surface area contributed by atoms with Gasteiger partial charge in [-0.1, -0.05) is 30.3 Å². The third kappa shape index (κ3) is 6.77. The fourth-order valence-electron chi connectivity index (χ4n) is 5.21. The molecule has 0 aromatic heterocycles. The van der Waals surface area contributed by atoms with Crippen LogP contribution in [-0.4, -0.2) is 98.0 Å². The number of carbonyl (C=O) groups excluding carboxylic acids is 2. The molecule has 0 unspecified atom stereocenters. The largest absolute Gasteiger partial charge is 0.416 e. The van der Waals surface area contributed by atoms with Crippen molar-refractivity contribution in [2.75, 3.05) is 52.6 Å². The van der Waals surface area contributed by atoms with Gasteiger partial charge >= 0.3 is 18.4 Å². The predicted octanol–water partition coefficient (Wildman–Crippen LogP) is 3.96. The Morgan fingerprint density at radius 1 is 0.829 bits per heavy atom. The van der Waals surface area contributed by atoms with E-state index < -0.39 is 63.0 Å². The summed E-state index contributed by atoms with van der Waals surface area (Å²) in [5.41, 5.74) is -3.24. The van der Waals surface area contributed by atoms with Crippen molar-refractivity contribution in [2.24, 2.45) is 0 Å². The van der Waals surface area contributed by atoms with Crippen LogP contribution in [0.3, 0.4) is 0 Å². The summed E-state index contributed by atoms with van der Waals surface area (Å²) in [6.45, 7) is 0.606. The van der Waals surface area contributed by atoms with E-state index in [1.54, 1.807) is 30.3 Å². The maximum Gasteiger partial charge on any atom is 0.416 e. The van der Waals surface area contributed by atoms with Crippen LogP contribution in [-0.2, 0) is 22.4 Å². The second kappa shape index (κ2) is 11.2. The minimum atomic E-state index is -5.11. The Morgan fingerprint density at radius 2 is 1.37 bits per heavy atom. The van der Waals surface area contributed by atoms with E-state index in [1.165, 1.54) is 21.2 Å². The molecule has 41 heavy (non-hydrogen) atoms. The van der Waals surface area contributed by atoms with Gasteiger partial charge in [-0.25, -0.2) is 13.2 Å². The monoisotopic (exact) mass is 606 g/mol. The van der Waals surface area contributed by atoms with Crippen LogP contribution in [0.2, 0.25) is 0 Å². The number of piperazine rings is 1. The van der Waals surface area contributed by atoms with Crippen LogP contribution in [0.1, 0.15) is 33.0 Å². The first-order valence-corrected chi connectivity index (χ1v) is 14.4. The summed E-state index contributed by atoms with van der Waals surface area (Å²) in [5, 5.41) is 0. The lowest BCUT2D eigenvalue weighted by molar-refractivity contribution is -0.143. The Morgan fingerprint density at radius 3 is 1.85 bits per heavy atom. The summed E-state index contributed by atoms with van der Waals surface area (Å²) in [4.78, 5) is 30.8. The highest BCUT2D eigenvalue weighted by atomic mass is 32.2. The van der Waals surface area contributed by atoms with Gasteiger partial charge in [0.05, 0.1) is 23.4 Å². The average Bonchev–Trinajstić information content (AvgIpc) is 3.36. The molecule has 0 spiro atoms. The molecule has 0 N–H and O–H groups in total. The van der Waals surface area contributed by atoms with E-state index in [9.17, 15) is 44.3 Å². The number of alkyl halides is 6. The van der Waals surface area contributed by atoms with Crippen molar-refractivity contribution < 1.29 is 44.3 Å². The first-order valence-electron chi connectivity index (χ1n) is 12.6. The summed E-state index contributed by atoms with van der Waals surface area (Å²) < 4.78 is 105. The molecule has 0 bridgehead atoms. The maximum atomic E-state index is 13.4. The molecule has 2 aromatic carbocycles. The van der Waals surface area contributed by atoms with Gasteiger partial charge in [-0.3, -0.25) is 4.79 Å². The summed E-state index contributed by atoms with van der Waals surface area (Å²) in [6, 6.07) is 8.35. The molecule has 2 atom stereocenters. The van der Waals surface area contributed by atoms with Crippen LogP contribution in [0, 0.1) is 0 Å². The van der Waals surface area contributed by atoms with Crippen molar-refractivity contribution in [3.05, 3.63) is 70.8 Å². The Bertz CT molecular complexity index is 1360. The van der Waals surface area contributed by atoms with Crippen LogP contribution >= 0.6 is 0 Å². The van der Waals surface area contributed by atoms with Gasteiger partial charge in [0.25, 0.3) is 5.91 Å². The normalized spacial score (nSPS) is 20.8. The minimum Gasteiger partial charge on any atom is -0.336 e. The standard InChI is InChI=1S/C26H28F6N4O4S/c1-33(23(37)18-12-19(25(27,28)29)14-20(13-18)26(30,31)32)22-16-35(15-21(22)17-6-4-3-5-7-17)24(38)34-8-10-36(11-9-34)41(2,39)40/h3-7,12-14,21-22H,8-11,15-16H2,1-2H3/t21-,22+/m0/s1. The number of hydrogen-bond acceptors (Lipinski definition) is 4. The fraction of sp³-hybridized carbons (Fsp3) is 0.462. The van der Waals surface area contributed by atoms with E-state index in [4.69, 9.17) is 0 Å². The molecule has 0 radical (unpaired) electrons. The number of sulfonamides is 1. The molecule has 8 nitrogen and oxygen atoms in total. The molecule has 224 valence electrons. The van der Waals surface area contributed by atoms with Crippen LogP contribution in [0.4, 0.5) is 31.1 Å². The lowest BCUT2D eigenvalue weighted by Crippen LogP contribution is -2.53. The highest BCUT2D eigenvalue weighted by molar-refractivity contribution is 7.88. The molecule has 3 amide bonds. The van der Waals surface area contributed by atoms with Crippen molar-refractivity contribution in [1.29, 1.82) is 0 Å². The van der Waals surface area contributed by atoms with Crippen LogP contribution in [0.15, 0.2) is 48.5 Å². The van der Waals surface area contributed by atoms with Gasteiger partial charge in [-0.2, -0.15) is 30.6 Å². The number of likely N-dealkylation sites (N-methyl/N-ethyl adjacent to an activating group) is 1. The third-order valence-corrected chi connectivity index (χ3v) is 8.72. The van der Waals surface area contributed by atoms with Gasteiger partial charge in [-0.15, -0.1) is 0 Å². The molecule has 2 fully saturated rings. The zero-order valence-corrected chi connectivity index (χ0v) is 22.9. The lowest BCUT2D eigenvalue weighted by atomic mass is 9.93. The molecular weight excluding hydrogens is 578 g/mol. The summed E-state index contributed by atoms with van der Waals surface area (Å²) >= 11 is 0. The number of urea groups is 1. The zero-order chi connectivity index (χ0) is 30.3. The summed E-state index contributed by atoms with van der Waals surface area (Å²) in [5.74, 6) is -1.54. The molecule has 0 saturated carbocycles. The molecule has 15 heteroatoms. The van der Waals surface area contributed by atoms with Crippen LogP contribution < -0.4 is 0 Å². The third-order valence-electron chi connectivity index (χ3n) is 7.42. The molecule has 4 rings (SSSR count).